The predicted octanol–water partition coefficient (Wildman–Crippen LogP) is 3.79. The van der Waals surface area contributed by atoms with Crippen molar-refractivity contribution in [3.05, 3.63) is 41.5 Å². The number of hydrogen-bond acceptors (Lipinski definition) is 5. The third kappa shape index (κ3) is 2.97. The Morgan fingerprint density at radius 1 is 1.21 bits per heavy atom. The van der Waals surface area contributed by atoms with Gasteiger partial charge >= 0.3 is 0 Å². The summed E-state index contributed by atoms with van der Waals surface area (Å²) in [6, 6.07) is 10.5. The van der Waals surface area contributed by atoms with Crippen LogP contribution in [0.5, 0.6) is 0 Å². The van der Waals surface area contributed by atoms with Crippen molar-refractivity contribution >= 4 is 23.7 Å². The van der Waals surface area contributed by atoms with Gasteiger partial charge in [-0.3, -0.25) is 0 Å². The Bertz CT molecular complexity index is 812. The van der Waals surface area contributed by atoms with Gasteiger partial charge in [0, 0.05) is 24.0 Å². The molecular weight excluding hydrogens is 342 g/mol. The Labute approximate surface area is 151 Å². The predicted molar refractivity (Wildman–Crippen MR) is 99.4 cm³/mol. The molecule has 7 heteroatoms. The van der Waals surface area contributed by atoms with Crippen molar-refractivity contribution in [2.24, 2.45) is 5.92 Å². The second-order valence-corrected chi connectivity index (χ2v) is 6.97. The summed E-state index contributed by atoms with van der Waals surface area (Å²) in [5.74, 6) is 2.39. The van der Waals surface area contributed by atoms with Gasteiger partial charge in [0.2, 0.25) is 0 Å². The quantitative estimate of drug-likeness (QED) is 0.771. The van der Waals surface area contributed by atoms with E-state index >= 15 is 0 Å². The molecule has 0 fully saturated rings. The van der Waals surface area contributed by atoms with Crippen LogP contribution in [0.15, 0.2) is 35.7 Å². The molecule has 1 atom stereocenters. The van der Waals surface area contributed by atoms with E-state index in [4.69, 9.17) is 4.98 Å². The van der Waals surface area contributed by atoms with Crippen molar-refractivity contribution in [3.8, 4) is 22.1 Å². The van der Waals surface area contributed by atoms with Crippen molar-refractivity contribution in [2.75, 3.05) is 6.54 Å². The molecule has 0 bridgehead atoms. The average Bonchev–Trinajstić information content (AvgIpc) is 3.21. The normalized spacial score (nSPS) is 16.7. The number of halogens is 1. The van der Waals surface area contributed by atoms with Crippen LogP contribution >= 0.6 is 23.7 Å². The first-order chi connectivity index (χ1) is 11.2. The maximum Gasteiger partial charge on any atom is 0.183 e. The number of thiazole rings is 1. The zero-order valence-electron chi connectivity index (χ0n) is 13.6. The van der Waals surface area contributed by atoms with E-state index in [9.17, 15) is 0 Å². The molecule has 3 heterocycles. The second-order valence-electron chi connectivity index (χ2n) is 6.11. The maximum absolute atomic E-state index is 4.78. The molecule has 126 valence electrons. The summed E-state index contributed by atoms with van der Waals surface area (Å²) >= 11 is 1.65. The first kappa shape index (κ1) is 17.1. The van der Waals surface area contributed by atoms with Crippen LogP contribution in [0.25, 0.3) is 22.1 Å². The Hall–Kier alpha value is -1.76. The molecule has 1 unspecified atom stereocenters. The fraction of sp³-hybridized carbons (Fsp3) is 0.353. The van der Waals surface area contributed by atoms with Crippen molar-refractivity contribution in [3.63, 3.8) is 0 Å². The lowest BCUT2D eigenvalue weighted by atomic mass is 10.0. The van der Waals surface area contributed by atoms with E-state index in [0.29, 0.717) is 5.92 Å². The fourth-order valence-electron chi connectivity index (χ4n) is 3.00. The molecule has 0 radical (unpaired) electrons. The van der Waals surface area contributed by atoms with Gasteiger partial charge in [-0.1, -0.05) is 44.2 Å². The Morgan fingerprint density at radius 3 is 2.75 bits per heavy atom. The van der Waals surface area contributed by atoms with Crippen LogP contribution in [-0.4, -0.2) is 26.3 Å². The third-order valence-electron chi connectivity index (χ3n) is 4.18. The average molecular weight is 362 g/mol. The summed E-state index contributed by atoms with van der Waals surface area (Å²) < 4.78 is 2.21. The molecule has 2 aromatic heterocycles. The Morgan fingerprint density at radius 2 is 2.00 bits per heavy atom. The highest BCUT2D eigenvalue weighted by Crippen LogP contribution is 2.31. The van der Waals surface area contributed by atoms with Gasteiger partial charge < -0.3 is 9.88 Å². The van der Waals surface area contributed by atoms with Gasteiger partial charge in [-0.05, 0) is 5.92 Å². The van der Waals surface area contributed by atoms with Crippen LogP contribution in [0.3, 0.4) is 0 Å². The summed E-state index contributed by atoms with van der Waals surface area (Å²) in [6.45, 7) is 6.24. The zero-order valence-corrected chi connectivity index (χ0v) is 15.3. The summed E-state index contributed by atoms with van der Waals surface area (Å²) in [5, 5.41) is 15.5. The lowest BCUT2D eigenvalue weighted by Gasteiger charge is -2.27. The minimum absolute atomic E-state index is 0. The third-order valence-corrected chi connectivity index (χ3v) is 5.07. The smallest absolute Gasteiger partial charge is 0.183 e. The van der Waals surface area contributed by atoms with E-state index in [0.717, 1.165) is 41.0 Å². The van der Waals surface area contributed by atoms with Gasteiger partial charge in [-0.25, -0.2) is 4.98 Å². The fourth-order valence-corrected chi connectivity index (χ4v) is 3.81. The highest BCUT2D eigenvalue weighted by atomic mass is 35.5. The van der Waals surface area contributed by atoms with Crippen molar-refractivity contribution < 1.29 is 0 Å². The molecule has 0 aliphatic carbocycles. The Kier molecular flexibility index (Phi) is 4.99. The van der Waals surface area contributed by atoms with Crippen LogP contribution in [-0.2, 0) is 6.54 Å². The van der Waals surface area contributed by atoms with Crippen LogP contribution < -0.4 is 5.32 Å². The lowest BCUT2D eigenvalue weighted by molar-refractivity contribution is 0.339. The molecule has 1 aliphatic heterocycles. The van der Waals surface area contributed by atoms with Crippen molar-refractivity contribution in [1.82, 2.24) is 25.1 Å². The molecular formula is C17H20ClN5S. The van der Waals surface area contributed by atoms with Crippen LogP contribution in [0.2, 0.25) is 0 Å². The number of aromatic nitrogens is 4. The summed E-state index contributed by atoms with van der Waals surface area (Å²) in [5.41, 5.74) is 2.06. The lowest BCUT2D eigenvalue weighted by Crippen LogP contribution is -2.36. The van der Waals surface area contributed by atoms with Gasteiger partial charge in [0.05, 0.1) is 6.04 Å². The number of nitrogens with one attached hydrogen (secondary N) is 1. The number of benzene rings is 1. The van der Waals surface area contributed by atoms with Gasteiger partial charge in [-0.15, -0.1) is 33.9 Å². The molecule has 1 aliphatic rings. The number of rotatable bonds is 3. The highest BCUT2D eigenvalue weighted by molar-refractivity contribution is 7.13. The standard InChI is InChI=1S/C17H19N5S.ClH/c1-11(2)14-16-21-20-15(22(16)9-8-18-14)13-10-23-17(19-13)12-6-4-3-5-7-12;/h3-7,10-11,14,18H,8-9H2,1-2H3;1H. The molecule has 24 heavy (non-hydrogen) atoms. The molecule has 0 spiro atoms. The van der Waals surface area contributed by atoms with E-state index in [-0.39, 0.29) is 18.4 Å². The summed E-state index contributed by atoms with van der Waals surface area (Å²) in [7, 11) is 0. The van der Waals surface area contributed by atoms with Gasteiger partial charge in [-0.2, -0.15) is 0 Å². The largest absolute Gasteiger partial charge is 0.307 e. The van der Waals surface area contributed by atoms with E-state index in [1.807, 2.05) is 18.2 Å². The van der Waals surface area contributed by atoms with Gasteiger partial charge in [0.15, 0.2) is 11.6 Å². The van der Waals surface area contributed by atoms with Crippen LogP contribution in [0, 0.1) is 5.92 Å². The number of fused-ring (bicyclic) bond motifs is 1. The minimum atomic E-state index is 0. The summed E-state index contributed by atoms with van der Waals surface area (Å²) in [6.07, 6.45) is 0. The van der Waals surface area contributed by atoms with Gasteiger partial charge in [0.25, 0.3) is 0 Å². The number of nitrogens with zero attached hydrogens (tertiary/aromatic N) is 4. The molecule has 0 saturated heterocycles. The minimum Gasteiger partial charge on any atom is -0.307 e. The monoisotopic (exact) mass is 361 g/mol. The van der Waals surface area contributed by atoms with Crippen LogP contribution in [0.1, 0.15) is 25.7 Å². The second kappa shape index (κ2) is 7.01. The molecule has 4 rings (SSSR count). The highest BCUT2D eigenvalue weighted by Gasteiger charge is 2.28. The van der Waals surface area contributed by atoms with E-state index < -0.39 is 0 Å². The molecule has 1 aromatic carbocycles. The van der Waals surface area contributed by atoms with Crippen molar-refractivity contribution in [2.45, 2.75) is 26.4 Å². The molecule has 3 aromatic rings. The van der Waals surface area contributed by atoms with Crippen LogP contribution in [0.4, 0.5) is 0 Å². The molecule has 0 saturated carbocycles. The maximum atomic E-state index is 4.78. The SMILES string of the molecule is CC(C)C1NCCn2c(-c3csc(-c4ccccc4)n3)nnc21.Cl. The molecule has 5 nitrogen and oxygen atoms in total. The van der Waals surface area contributed by atoms with E-state index in [1.54, 1.807) is 11.3 Å². The topological polar surface area (TPSA) is 55.6 Å². The molecule has 0 amide bonds. The first-order valence-corrected chi connectivity index (χ1v) is 8.80. The zero-order chi connectivity index (χ0) is 15.8. The van der Waals surface area contributed by atoms with E-state index in [1.165, 1.54) is 0 Å². The summed E-state index contributed by atoms with van der Waals surface area (Å²) in [4.78, 5) is 4.78. The Balaban J connectivity index is 0.00000169. The van der Waals surface area contributed by atoms with Gasteiger partial charge in [0.1, 0.15) is 10.7 Å². The van der Waals surface area contributed by atoms with E-state index in [2.05, 4.69) is 51.4 Å². The number of hydrogen-bond donors (Lipinski definition) is 1. The first-order valence-electron chi connectivity index (χ1n) is 7.92. The van der Waals surface area contributed by atoms with Crippen molar-refractivity contribution in [1.29, 1.82) is 0 Å². The molecule has 1 N–H and O–H groups in total.